The molecule has 12 N–H and O–H groups in total. The number of unbranched alkanes of at least 4 members (excludes halogenated alkanes) is 2. The van der Waals surface area contributed by atoms with Gasteiger partial charge in [0.25, 0.3) is 0 Å². The van der Waals surface area contributed by atoms with Gasteiger partial charge in [-0.2, -0.15) is 0 Å². The Bertz CT molecular complexity index is 896. The molecule has 38 heavy (non-hydrogen) atoms. The summed E-state index contributed by atoms with van der Waals surface area (Å²) >= 11 is 0. The van der Waals surface area contributed by atoms with Crippen LogP contribution < -0.4 is 33.2 Å². The summed E-state index contributed by atoms with van der Waals surface area (Å²) in [5.41, 5.74) is 17.4. The molecule has 1 heterocycles. The summed E-state index contributed by atoms with van der Waals surface area (Å²) in [6, 6.07) is -4.57. The van der Waals surface area contributed by atoms with E-state index in [4.69, 9.17) is 22.3 Å². The maximum absolute atomic E-state index is 13.2. The van der Waals surface area contributed by atoms with Crippen LogP contribution in [0.25, 0.3) is 0 Å². The SMILES string of the molecule is NCCCCC(NC(=O)C(N)CCC(=O)O)C(=O)NC(CCCCN)C(=O)NC(Cc1cnc[nH]1)C(=O)O. The molecule has 15 heteroatoms. The number of aromatic amines is 1. The number of carboxylic acids is 2. The summed E-state index contributed by atoms with van der Waals surface area (Å²) in [7, 11) is 0. The van der Waals surface area contributed by atoms with E-state index >= 15 is 0 Å². The topological polar surface area (TPSA) is 269 Å². The lowest BCUT2D eigenvalue weighted by Crippen LogP contribution is -2.57. The number of carbonyl (C=O) groups excluding carboxylic acids is 3. The number of imidazole rings is 1. The smallest absolute Gasteiger partial charge is 0.326 e. The summed E-state index contributed by atoms with van der Waals surface area (Å²) in [5.74, 6) is -4.43. The van der Waals surface area contributed by atoms with Gasteiger partial charge in [0.2, 0.25) is 17.7 Å². The summed E-state index contributed by atoms with van der Waals surface area (Å²) in [6.45, 7) is 0.739. The Hall–Kier alpha value is -3.56. The van der Waals surface area contributed by atoms with Crippen molar-refractivity contribution in [2.75, 3.05) is 13.1 Å². The van der Waals surface area contributed by atoms with Crippen molar-refractivity contribution in [3.63, 3.8) is 0 Å². The van der Waals surface area contributed by atoms with E-state index in [1.165, 1.54) is 12.5 Å². The first-order chi connectivity index (χ1) is 18.1. The molecule has 1 aromatic rings. The third kappa shape index (κ3) is 12.6. The molecule has 1 rings (SSSR count). The van der Waals surface area contributed by atoms with E-state index in [1.54, 1.807) is 0 Å². The Morgan fingerprint density at radius 2 is 1.34 bits per heavy atom. The second-order valence-corrected chi connectivity index (χ2v) is 8.91. The molecule has 4 unspecified atom stereocenters. The molecule has 0 aliphatic rings. The lowest BCUT2D eigenvalue weighted by Gasteiger charge is -2.25. The molecular formula is C23H40N8O7. The van der Waals surface area contributed by atoms with Crippen molar-refractivity contribution in [3.8, 4) is 0 Å². The van der Waals surface area contributed by atoms with Crippen molar-refractivity contribution in [3.05, 3.63) is 18.2 Å². The van der Waals surface area contributed by atoms with Crippen LogP contribution in [0.1, 0.15) is 57.1 Å². The number of hydrogen-bond acceptors (Lipinski definition) is 9. The monoisotopic (exact) mass is 540 g/mol. The number of aliphatic carboxylic acids is 2. The minimum Gasteiger partial charge on any atom is -0.481 e. The summed E-state index contributed by atoms with van der Waals surface area (Å²) in [4.78, 5) is 67.9. The molecule has 0 spiro atoms. The largest absolute Gasteiger partial charge is 0.481 e. The molecular weight excluding hydrogens is 500 g/mol. The number of nitrogens with two attached hydrogens (primary N) is 3. The fraction of sp³-hybridized carbons (Fsp3) is 0.652. The number of hydrogen-bond donors (Lipinski definition) is 9. The molecule has 0 bridgehead atoms. The molecule has 15 nitrogen and oxygen atoms in total. The lowest BCUT2D eigenvalue weighted by molar-refractivity contribution is -0.142. The van der Waals surface area contributed by atoms with Crippen LogP contribution in [0.5, 0.6) is 0 Å². The van der Waals surface area contributed by atoms with Gasteiger partial charge in [-0.05, 0) is 58.0 Å². The van der Waals surface area contributed by atoms with Gasteiger partial charge < -0.3 is 48.3 Å². The normalized spacial score (nSPS) is 14.1. The summed E-state index contributed by atoms with van der Waals surface area (Å²) in [6.07, 6.45) is 4.88. The number of carbonyl (C=O) groups is 5. The van der Waals surface area contributed by atoms with Gasteiger partial charge in [-0.15, -0.1) is 0 Å². The van der Waals surface area contributed by atoms with Gasteiger partial charge in [0.15, 0.2) is 0 Å². The van der Waals surface area contributed by atoms with Gasteiger partial charge in [-0.1, -0.05) is 0 Å². The molecule has 0 saturated heterocycles. The van der Waals surface area contributed by atoms with Crippen LogP contribution in [0.4, 0.5) is 0 Å². The van der Waals surface area contributed by atoms with E-state index in [1.807, 2.05) is 0 Å². The molecule has 0 aromatic carbocycles. The second kappa shape index (κ2) is 17.8. The zero-order valence-corrected chi connectivity index (χ0v) is 21.4. The zero-order valence-electron chi connectivity index (χ0n) is 21.4. The first-order valence-electron chi connectivity index (χ1n) is 12.6. The van der Waals surface area contributed by atoms with E-state index in [-0.39, 0.29) is 32.1 Å². The highest BCUT2D eigenvalue weighted by Crippen LogP contribution is 2.08. The van der Waals surface area contributed by atoms with Gasteiger partial charge in [0, 0.05) is 24.7 Å². The van der Waals surface area contributed by atoms with E-state index < -0.39 is 53.8 Å². The van der Waals surface area contributed by atoms with E-state index in [9.17, 15) is 29.1 Å². The maximum atomic E-state index is 13.2. The second-order valence-electron chi connectivity index (χ2n) is 8.91. The average Bonchev–Trinajstić information content (AvgIpc) is 3.38. The van der Waals surface area contributed by atoms with Crippen molar-refractivity contribution in [2.45, 2.75) is 82.0 Å². The van der Waals surface area contributed by atoms with Crippen LogP contribution in [0.15, 0.2) is 12.5 Å². The summed E-state index contributed by atoms with van der Waals surface area (Å²) in [5, 5.41) is 26.0. The van der Waals surface area contributed by atoms with Gasteiger partial charge in [0.1, 0.15) is 18.1 Å². The standard InChI is InChI=1S/C23H40N8O7/c24-9-3-1-5-16(29-20(34)15(26)7-8-19(32)33)21(35)30-17(6-2-4-10-25)22(36)31-18(23(37)38)11-14-12-27-13-28-14/h12-13,15-18H,1-11,24-26H2,(H,27,28)(H,29,34)(H,30,35)(H,31,36)(H,32,33)(H,37,38). The molecule has 0 fully saturated rings. The summed E-state index contributed by atoms with van der Waals surface area (Å²) < 4.78 is 0. The van der Waals surface area contributed by atoms with E-state index in [0.717, 1.165) is 0 Å². The number of carboxylic acid groups (broad SMARTS) is 2. The minimum absolute atomic E-state index is 0.0451. The van der Waals surface area contributed by atoms with Gasteiger partial charge in [0.05, 0.1) is 12.4 Å². The molecule has 4 atom stereocenters. The van der Waals surface area contributed by atoms with Crippen LogP contribution >= 0.6 is 0 Å². The molecule has 0 aliphatic heterocycles. The number of amides is 3. The predicted molar refractivity (Wildman–Crippen MR) is 136 cm³/mol. The van der Waals surface area contributed by atoms with Crippen LogP contribution in [-0.4, -0.2) is 87.1 Å². The molecule has 214 valence electrons. The predicted octanol–water partition coefficient (Wildman–Crippen LogP) is -2.06. The molecule has 0 saturated carbocycles. The van der Waals surface area contributed by atoms with Gasteiger partial charge >= 0.3 is 11.9 Å². The zero-order chi connectivity index (χ0) is 28.5. The van der Waals surface area contributed by atoms with Crippen molar-refractivity contribution in [2.24, 2.45) is 17.2 Å². The number of H-pyrrole nitrogens is 1. The number of rotatable bonds is 20. The number of aromatic nitrogens is 2. The Labute approximate surface area is 220 Å². The third-order valence-electron chi connectivity index (χ3n) is 5.76. The van der Waals surface area contributed by atoms with Crippen molar-refractivity contribution in [1.29, 1.82) is 0 Å². The maximum Gasteiger partial charge on any atom is 0.326 e. The number of nitrogens with zero attached hydrogens (tertiary/aromatic N) is 1. The minimum atomic E-state index is -1.27. The Balaban J connectivity index is 2.97. The van der Waals surface area contributed by atoms with Crippen LogP contribution in [-0.2, 0) is 30.4 Å². The Morgan fingerprint density at radius 3 is 1.79 bits per heavy atom. The Morgan fingerprint density at radius 1 is 0.816 bits per heavy atom. The average molecular weight is 541 g/mol. The van der Waals surface area contributed by atoms with E-state index in [0.29, 0.717) is 44.5 Å². The van der Waals surface area contributed by atoms with Crippen LogP contribution in [0.3, 0.4) is 0 Å². The van der Waals surface area contributed by atoms with Crippen molar-refractivity contribution < 1.29 is 34.2 Å². The fourth-order valence-corrected chi connectivity index (χ4v) is 3.57. The van der Waals surface area contributed by atoms with Crippen molar-refractivity contribution in [1.82, 2.24) is 25.9 Å². The Kier molecular flexibility index (Phi) is 15.2. The highest BCUT2D eigenvalue weighted by Gasteiger charge is 2.30. The van der Waals surface area contributed by atoms with Crippen molar-refractivity contribution >= 4 is 29.7 Å². The van der Waals surface area contributed by atoms with Crippen LogP contribution in [0, 0.1) is 0 Å². The molecule has 0 radical (unpaired) electrons. The molecule has 3 amide bonds. The first kappa shape index (κ1) is 32.5. The lowest BCUT2D eigenvalue weighted by atomic mass is 10.0. The highest BCUT2D eigenvalue weighted by molar-refractivity contribution is 5.94. The van der Waals surface area contributed by atoms with E-state index in [2.05, 4.69) is 25.9 Å². The molecule has 0 aliphatic carbocycles. The number of nitrogens with one attached hydrogen (secondary N) is 4. The third-order valence-corrected chi connectivity index (χ3v) is 5.76. The van der Waals surface area contributed by atoms with Gasteiger partial charge in [-0.3, -0.25) is 19.2 Å². The quantitative estimate of drug-likeness (QED) is 0.0811. The first-order valence-corrected chi connectivity index (χ1v) is 12.6. The van der Waals surface area contributed by atoms with Crippen LogP contribution in [0.2, 0.25) is 0 Å². The molecule has 1 aromatic heterocycles. The fourth-order valence-electron chi connectivity index (χ4n) is 3.57. The van der Waals surface area contributed by atoms with Gasteiger partial charge in [-0.25, -0.2) is 9.78 Å². The highest BCUT2D eigenvalue weighted by atomic mass is 16.4.